The maximum Gasteiger partial charge on any atom is 0.186 e. The molecule has 0 aliphatic heterocycles. The van der Waals surface area contributed by atoms with E-state index in [1.807, 2.05) is 28.9 Å². The van der Waals surface area contributed by atoms with Gasteiger partial charge in [0.1, 0.15) is 0 Å². The predicted molar refractivity (Wildman–Crippen MR) is 83.0 cm³/mol. The molecule has 2 aromatic rings. The molecule has 19 heavy (non-hydrogen) atoms. The van der Waals surface area contributed by atoms with E-state index in [4.69, 9.17) is 0 Å². The molecule has 0 spiro atoms. The number of thiophene rings is 1. The summed E-state index contributed by atoms with van der Waals surface area (Å²) in [5.74, 6) is 0. The molecule has 0 amide bonds. The first kappa shape index (κ1) is 13.1. The fourth-order valence-corrected chi connectivity index (χ4v) is 3.72. The Morgan fingerprint density at radius 3 is 3.00 bits per heavy atom. The van der Waals surface area contributed by atoms with Crippen molar-refractivity contribution in [3.8, 4) is 0 Å². The average molecular weight is 293 g/mol. The fourth-order valence-electron chi connectivity index (χ4n) is 2.07. The van der Waals surface area contributed by atoms with Crippen molar-refractivity contribution in [2.75, 3.05) is 11.4 Å². The molecule has 0 unspecified atom stereocenters. The number of nitrogens with zero attached hydrogens (tertiary/aromatic N) is 2. The standard InChI is InChI=1S/C14H19N3S2/c1-2-15-8-13-9-16-14(19-13)17(11-5-6-11)10-12-4-3-7-18-12/h3-4,7,9,11,15H,2,5-6,8,10H2,1H3. The van der Waals surface area contributed by atoms with E-state index in [-0.39, 0.29) is 0 Å². The van der Waals surface area contributed by atoms with E-state index in [1.54, 1.807) is 0 Å². The van der Waals surface area contributed by atoms with Crippen LogP contribution in [0.25, 0.3) is 0 Å². The second kappa shape index (κ2) is 6.03. The Balaban J connectivity index is 1.70. The molecular weight excluding hydrogens is 274 g/mol. The molecule has 0 saturated heterocycles. The molecular formula is C14H19N3S2. The summed E-state index contributed by atoms with van der Waals surface area (Å²) in [5, 5.41) is 6.70. The molecule has 1 fully saturated rings. The minimum atomic E-state index is 0.709. The Labute approximate surface area is 122 Å². The van der Waals surface area contributed by atoms with Crippen LogP contribution in [0.3, 0.4) is 0 Å². The molecule has 1 N–H and O–H groups in total. The number of nitrogens with one attached hydrogen (secondary N) is 1. The molecule has 3 rings (SSSR count). The molecule has 1 aliphatic rings. The summed E-state index contributed by atoms with van der Waals surface area (Å²) >= 11 is 3.66. The van der Waals surface area contributed by atoms with Crippen molar-refractivity contribution in [1.29, 1.82) is 0 Å². The van der Waals surface area contributed by atoms with E-state index in [0.29, 0.717) is 6.04 Å². The lowest BCUT2D eigenvalue weighted by Gasteiger charge is -2.20. The first-order valence-corrected chi connectivity index (χ1v) is 8.51. The maximum absolute atomic E-state index is 4.62. The molecule has 0 radical (unpaired) electrons. The zero-order valence-electron chi connectivity index (χ0n) is 11.1. The van der Waals surface area contributed by atoms with Crippen molar-refractivity contribution in [3.63, 3.8) is 0 Å². The molecule has 1 aliphatic carbocycles. The van der Waals surface area contributed by atoms with Crippen molar-refractivity contribution < 1.29 is 0 Å². The molecule has 0 bridgehead atoms. The van der Waals surface area contributed by atoms with Crippen LogP contribution in [0.15, 0.2) is 23.7 Å². The zero-order chi connectivity index (χ0) is 13.1. The fraction of sp³-hybridized carbons (Fsp3) is 0.500. The molecule has 3 nitrogen and oxygen atoms in total. The third-order valence-electron chi connectivity index (χ3n) is 3.23. The lowest BCUT2D eigenvalue weighted by molar-refractivity contribution is 0.734. The van der Waals surface area contributed by atoms with E-state index >= 15 is 0 Å². The number of thiazole rings is 1. The van der Waals surface area contributed by atoms with Gasteiger partial charge in [0.15, 0.2) is 5.13 Å². The van der Waals surface area contributed by atoms with Crippen LogP contribution in [-0.4, -0.2) is 17.6 Å². The monoisotopic (exact) mass is 293 g/mol. The lowest BCUT2D eigenvalue weighted by atomic mass is 10.4. The topological polar surface area (TPSA) is 28.2 Å². The number of aromatic nitrogens is 1. The van der Waals surface area contributed by atoms with Crippen LogP contribution >= 0.6 is 22.7 Å². The maximum atomic E-state index is 4.62. The van der Waals surface area contributed by atoms with Gasteiger partial charge in [-0.2, -0.15) is 0 Å². The van der Waals surface area contributed by atoms with Gasteiger partial charge < -0.3 is 10.2 Å². The number of anilines is 1. The first-order chi connectivity index (χ1) is 9.36. The van der Waals surface area contributed by atoms with Gasteiger partial charge in [-0.1, -0.05) is 13.0 Å². The van der Waals surface area contributed by atoms with Gasteiger partial charge in [0, 0.05) is 28.5 Å². The van der Waals surface area contributed by atoms with Gasteiger partial charge in [0.25, 0.3) is 0 Å². The highest BCUT2D eigenvalue weighted by atomic mass is 32.1. The zero-order valence-corrected chi connectivity index (χ0v) is 12.8. The van der Waals surface area contributed by atoms with Gasteiger partial charge in [-0.05, 0) is 30.8 Å². The molecule has 1 saturated carbocycles. The molecule has 0 aromatic carbocycles. The second-order valence-electron chi connectivity index (χ2n) is 4.83. The molecule has 2 aromatic heterocycles. The summed E-state index contributed by atoms with van der Waals surface area (Å²) < 4.78 is 0. The van der Waals surface area contributed by atoms with Gasteiger partial charge in [-0.3, -0.25) is 0 Å². The summed E-state index contributed by atoms with van der Waals surface area (Å²) in [5.41, 5.74) is 0. The van der Waals surface area contributed by atoms with E-state index in [9.17, 15) is 0 Å². The Morgan fingerprint density at radius 2 is 2.32 bits per heavy atom. The largest absolute Gasteiger partial charge is 0.340 e. The quantitative estimate of drug-likeness (QED) is 0.847. The Morgan fingerprint density at radius 1 is 1.42 bits per heavy atom. The highest BCUT2D eigenvalue weighted by Gasteiger charge is 2.31. The Bertz CT molecular complexity index is 503. The van der Waals surface area contributed by atoms with Gasteiger partial charge in [-0.15, -0.1) is 22.7 Å². The normalized spacial score (nSPS) is 14.8. The first-order valence-electron chi connectivity index (χ1n) is 6.81. The van der Waals surface area contributed by atoms with Crippen LogP contribution in [-0.2, 0) is 13.1 Å². The van der Waals surface area contributed by atoms with E-state index in [0.717, 1.165) is 19.6 Å². The summed E-state index contributed by atoms with van der Waals surface area (Å²) in [6.45, 7) is 5.09. The third-order valence-corrected chi connectivity index (χ3v) is 5.13. The minimum Gasteiger partial charge on any atom is -0.340 e. The minimum absolute atomic E-state index is 0.709. The van der Waals surface area contributed by atoms with Crippen LogP contribution in [0.5, 0.6) is 0 Å². The molecule has 102 valence electrons. The third kappa shape index (κ3) is 3.35. The summed E-state index contributed by atoms with van der Waals surface area (Å²) in [7, 11) is 0. The molecule has 0 atom stereocenters. The van der Waals surface area contributed by atoms with Crippen LogP contribution in [0, 0.1) is 0 Å². The summed E-state index contributed by atoms with van der Waals surface area (Å²) in [6.07, 6.45) is 4.65. The highest BCUT2D eigenvalue weighted by molar-refractivity contribution is 7.15. The number of hydrogen-bond acceptors (Lipinski definition) is 5. The van der Waals surface area contributed by atoms with Gasteiger partial charge in [-0.25, -0.2) is 4.98 Å². The van der Waals surface area contributed by atoms with Gasteiger partial charge >= 0.3 is 0 Å². The lowest BCUT2D eigenvalue weighted by Crippen LogP contribution is -2.24. The van der Waals surface area contributed by atoms with Crippen molar-refractivity contribution in [3.05, 3.63) is 33.5 Å². The van der Waals surface area contributed by atoms with Gasteiger partial charge in [0.2, 0.25) is 0 Å². The van der Waals surface area contributed by atoms with Crippen molar-refractivity contribution in [2.45, 2.75) is 38.9 Å². The van der Waals surface area contributed by atoms with Crippen LogP contribution in [0.1, 0.15) is 29.5 Å². The van der Waals surface area contributed by atoms with Gasteiger partial charge in [0.05, 0.1) is 6.54 Å². The van der Waals surface area contributed by atoms with E-state index in [1.165, 1.54) is 27.7 Å². The molecule has 5 heteroatoms. The van der Waals surface area contributed by atoms with Crippen LogP contribution in [0.2, 0.25) is 0 Å². The second-order valence-corrected chi connectivity index (χ2v) is 6.95. The Hall–Kier alpha value is -0.910. The summed E-state index contributed by atoms with van der Waals surface area (Å²) in [6, 6.07) is 5.05. The molecule has 2 heterocycles. The van der Waals surface area contributed by atoms with Crippen LogP contribution < -0.4 is 10.2 Å². The van der Waals surface area contributed by atoms with E-state index < -0.39 is 0 Å². The highest BCUT2D eigenvalue weighted by Crippen LogP contribution is 2.35. The number of hydrogen-bond donors (Lipinski definition) is 1. The van der Waals surface area contributed by atoms with Crippen molar-refractivity contribution in [2.24, 2.45) is 0 Å². The SMILES string of the molecule is CCNCc1cnc(N(Cc2cccs2)C2CC2)s1. The van der Waals surface area contributed by atoms with Crippen molar-refractivity contribution in [1.82, 2.24) is 10.3 Å². The van der Waals surface area contributed by atoms with Crippen LogP contribution in [0.4, 0.5) is 5.13 Å². The van der Waals surface area contributed by atoms with Crippen molar-refractivity contribution >= 4 is 27.8 Å². The number of rotatable bonds is 7. The van der Waals surface area contributed by atoms with E-state index in [2.05, 4.69) is 39.6 Å². The average Bonchev–Trinajstić information content (AvgIpc) is 2.94. The smallest absolute Gasteiger partial charge is 0.186 e. The Kier molecular flexibility index (Phi) is 4.15. The summed E-state index contributed by atoms with van der Waals surface area (Å²) in [4.78, 5) is 9.85. The predicted octanol–water partition coefficient (Wildman–Crippen LogP) is 3.48.